The van der Waals surface area contributed by atoms with Gasteiger partial charge in [-0.3, -0.25) is 4.79 Å². The van der Waals surface area contributed by atoms with Crippen molar-refractivity contribution in [3.05, 3.63) is 41.5 Å². The van der Waals surface area contributed by atoms with Crippen molar-refractivity contribution in [2.24, 2.45) is 0 Å². The predicted molar refractivity (Wildman–Crippen MR) is 69.1 cm³/mol. The van der Waals surface area contributed by atoms with Crippen LogP contribution < -0.4 is 0 Å². The highest BCUT2D eigenvalue weighted by Gasteiger charge is 2.07. The van der Waals surface area contributed by atoms with Crippen molar-refractivity contribution in [1.82, 2.24) is 0 Å². The second kappa shape index (κ2) is 6.18. The number of rotatable bonds is 2. The molecule has 1 aromatic carbocycles. The van der Waals surface area contributed by atoms with Crippen LogP contribution in [0.1, 0.15) is 38.9 Å². The van der Waals surface area contributed by atoms with Gasteiger partial charge in [0, 0.05) is 7.00 Å². The van der Waals surface area contributed by atoms with Crippen LogP contribution in [-0.2, 0) is 4.79 Å². The first-order chi connectivity index (χ1) is 7.04. The van der Waals surface area contributed by atoms with Gasteiger partial charge in [-0.15, -0.1) is 0 Å². The maximum absolute atomic E-state index is 11.1. The van der Waals surface area contributed by atoms with E-state index in [9.17, 15) is 4.79 Å². The molecule has 0 aliphatic carbocycles. The molecule has 0 saturated carbocycles. The average Bonchev–Trinajstić information content (AvgIpc) is 2.24. The van der Waals surface area contributed by atoms with Crippen molar-refractivity contribution in [2.45, 2.75) is 34.6 Å². The second-order valence-electron chi connectivity index (χ2n) is 3.28. The number of carbonyl (C=O) groups excluding carboxylic acids is 1. The van der Waals surface area contributed by atoms with Crippen LogP contribution in [0.15, 0.2) is 24.8 Å². The monoisotopic (exact) mass is 206 g/mol. The average molecular weight is 206 g/mol. The quantitative estimate of drug-likeness (QED) is 0.663. The minimum Gasteiger partial charge on any atom is -0.295 e. The lowest BCUT2D eigenvalue weighted by Crippen LogP contribution is -1.97. The van der Waals surface area contributed by atoms with Crippen molar-refractivity contribution in [2.75, 3.05) is 0 Å². The van der Waals surface area contributed by atoms with E-state index in [1.54, 1.807) is 6.92 Å². The van der Waals surface area contributed by atoms with Gasteiger partial charge in [-0.05, 0) is 37.5 Å². The lowest BCUT2D eigenvalue weighted by atomic mass is 9.96. The van der Waals surface area contributed by atoms with Gasteiger partial charge in [0.2, 0.25) is 0 Å². The summed E-state index contributed by atoms with van der Waals surface area (Å²) in [6.07, 6.45) is 0. The standard InChI is InChI=1S/C12H14O.C2H6.H2/c1-8-6-5-7-12(9(8)2)10(3)11(4)13;1-2;/h5-7H,3H2,1-2,4H3;1-2H3;1H. The molecule has 1 aromatic rings. The Bertz CT molecular complexity index is 367. The van der Waals surface area contributed by atoms with Gasteiger partial charge in [-0.2, -0.15) is 0 Å². The molecule has 1 rings (SSSR count). The van der Waals surface area contributed by atoms with Gasteiger partial charge in [0.1, 0.15) is 0 Å². The highest BCUT2D eigenvalue weighted by Crippen LogP contribution is 2.20. The van der Waals surface area contributed by atoms with Crippen LogP contribution >= 0.6 is 0 Å². The van der Waals surface area contributed by atoms with E-state index in [-0.39, 0.29) is 7.21 Å². The zero-order valence-corrected chi connectivity index (χ0v) is 10.3. The number of aryl methyl sites for hydroxylation is 1. The van der Waals surface area contributed by atoms with Gasteiger partial charge in [0.05, 0.1) is 0 Å². The van der Waals surface area contributed by atoms with Crippen LogP contribution in [0, 0.1) is 13.8 Å². The summed E-state index contributed by atoms with van der Waals surface area (Å²) in [5, 5.41) is 0. The van der Waals surface area contributed by atoms with Crippen LogP contribution in [-0.4, -0.2) is 5.78 Å². The van der Waals surface area contributed by atoms with Crippen molar-refractivity contribution in [3.63, 3.8) is 0 Å². The Morgan fingerprint density at radius 3 is 2.27 bits per heavy atom. The molecule has 0 aliphatic heterocycles. The number of allylic oxidation sites excluding steroid dienone is 1. The van der Waals surface area contributed by atoms with Crippen LogP contribution in [0.3, 0.4) is 0 Å². The molecule has 0 bridgehead atoms. The largest absolute Gasteiger partial charge is 0.295 e. The fourth-order valence-electron chi connectivity index (χ4n) is 1.27. The van der Waals surface area contributed by atoms with Crippen molar-refractivity contribution < 1.29 is 6.22 Å². The van der Waals surface area contributed by atoms with Crippen molar-refractivity contribution in [1.29, 1.82) is 0 Å². The van der Waals surface area contributed by atoms with Gasteiger partial charge in [-0.1, -0.05) is 38.6 Å². The Morgan fingerprint density at radius 1 is 1.27 bits per heavy atom. The van der Waals surface area contributed by atoms with Crippen LogP contribution in [0.4, 0.5) is 0 Å². The third-order valence-electron chi connectivity index (χ3n) is 2.35. The summed E-state index contributed by atoms with van der Waals surface area (Å²) in [4.78, 5) is 11.1. The summed E-state index contributed by atoms with van der Waals surface area (Å²) >= 11 is 0. The maximum Gasteiger partial charge on any atom is 0.159 e. The van der Waals surface area contributed by atoms with Gasteiger partial charge >= 0.3 is 0 Å². The Balaban J connectivity index is 0. The van der Waals surface area contributed by atoms with E-state index < -0.39 is 0 Å². The first-order valence-electron chi connectivity index (χ1n) is 5.30. The summed E-state index contributed by atoms with van der Waals surface area (Å²) in [5.41, 5.74) is 3.90. The number of Topliss-reactive ketones (excluding diaryl/α,β-unsaturated/α-hetero) is 1. The van der Waals surface area contributed by atoms with Crippen LogP contribution in [0.5, 0.6) is 0 Å². The Hall–Kier alpha value is -1.37. The fraction of sp³-hybridized carbons (Fsp3) is 0.357. The van der Waals surface area contributed by atoms with Crippen LogP contribution in [0.25, 0.3) is 5.57 Å². The summed E-state index contributed by atoms with van der Waals surface area (Å²) in [6.45, 7) is 13.4. The molecule has 1 nitrogen and oxygen atoms in total. The van der Waals surface area contributed by atoms with Gasteiger partial charge < -0.3 is 0 Å². The molecule has 0 saturated heterocycles. The highest BCUT2D eigenvalue weighted by molar-refractivity contribution is 6.19. The van der Waals surface area contributed by atoms with E-state index in [0.29, 0.717) is 5.57 Å². The molecule has 0 heterocycles. The Kier molecular flexibility index (Phi) is 5.61. The lowest BCUT2D eigenvalue weighted by Gasteiger charge is -2.08. The first kappa shape index (κ1) is 13.6. The molecule has 0 fully saturated rings. The van der Waals surface area contributed by atoms with E-state index in [2.05, 4.69) is 6.58 Å². The van der Waals surface area contributed by atoms with Crippen LogP contribution in [0.2, 0.25) is 0 Å². The van der Waals surface area contributed by atoms with E-state index in [1.807, 2.05) is 45.9 Å². The van der Waals surface area contributed by atoms with E-state index in [0.717, 1.165) is 11.1 Å². The summed E-state index contributed by atoms with van der Waals surface area (Å²) in [5.74, 6) is 0.0358. The van der Waals surface area contributed by atoms with Gasteiger partial charge in [0.25, 0.3) is 0 Å². The third-order valence-corrected chi connectivity index (χ3v) is 2.35. The topological polar surface area (TPSA) is 17.1 Å². The minimum absolute atomic E-state index is 0. The van der Waals surface area contributed by atoms with Gasteiger partial charge in [0.15, 0.2) is 5.78 Å². The predicted octanol–water partition coefficient (Wildman–Crippen LogP) is 4.18. The normalized spacial score (nSPS) is 8.87. The third kappa shape index (κ3) is 3.35. The molecular weight excluding hydrogens is 184 g/mol. The van der Waals surface area contributed by atoms with Gasteiger partial charge in [-0.25, -0.2) is 0 Å². The first-order valence-corrected chi connectivity index (χ1v) is 5.30. The number of hydrogen-bond acceptors (Lipinski definition) is 1. The molecule has 0 unspecified atom stereocenters. The molecule has 0 atom stereocenters. The maximum atomic E-state index is 11.1. The SMILES string of the molecule is C=C(C(C)=O)c1cccc(C)c1C.CC.[HH]. The molecule has 0 aromatic heterocycles. The van der Waals surface area contributed by atoms with E-state index >= 15 is 0 Å². The summed E-state index contributed by atoms with van der Waals surface area (Å²) in [7, 11) is 0. The molecule has 15 heavy (non-hydrogen) atoms. The van der Waals surface area contributed by atoms with E-state index in [4.69, 9.17) is 0 Å². The molecule has 1 heteroatoms. The lowest BCUT2D eigenvalue weighted by molar-refractivity contribution is -0.111. The smallest absolute Gasteiger partial charge is 0.159 e. The molecule has 0 amide bonds. The summed E-state index contributed by atoms with van der Waals surface area (Å²) in [6, 6.07) is 5.92. The van der Waals surface area contributed by atoms with E-state index in [1.165, 1.54) is 5.56 Å². The Morgan fingerprint density at radius 2 is 1.80 bits per heavy atom. The molecule has 0 radical (unpaired) electrons. The van der Waals surface area contributed by atoms with Crippen molar-refractivity contribution >= 4 is 11.4 Å². The Labute approximate surface area is 94.3 Å². The zero-order chi connectivity index (χ0) is 12.0. The minimum atomic E-state index is 0. The molecule has 0 N–H and O–H groups in total. The highest BCUT2D eigenvalue weighted by atomic mass is 16.1. The van der Waals surface area contributed by atoms with Crippen molar-refractivity contribution in [3.8, 4) is 0 Å². The number of carbonyl (C=O) groups is 1. The second-order valence-corrected chi connectivity index (χ2v) is 3.28. The number of hydrogen-bond donors (Lipinski definition) is 0. The summed E-state index contributed by atoms with van der Waals surface area (Å²) < 4.78 is 0. The molecule has 0 spiro atoms. The zero-order valence-electron chi connectivity index (χ0n) is 10.3. The number of benzene rings is 1. The number of ketones is 1. The molecule has 0 aliphatic rings. The molecular formula is C14H22O. The molecule has 84 valence electrons. The fourth-order valence-corrected chi connectivity index (χ4v) is 1.27.